The molecule has 25 heavy (non-hydrogen) atoms. The zero-order valence-electron chi connectivity index (χ0n) is 15.3. The quantitative estimate of drug-likeness (QED) is 0.478. The number of aliphatic carboxylic acids is 1. The van der Waals surface area contributed by atoms with Crippen molar-refractivity contribution in [2.75, 3.05) is 0 Å². The van der Waals surface area contributed by atoms with E-state index < -0.39 is 11.6 Å². The van der Waals surface area contributed by atoms with Gasteiger partial charge in [-0.3, -0.25) is 4.79 Å². The summed E-state index contributed by atoms with van der Waals surface area (Å²) in [6.07, 6.45) is 14.1. The van der Waals surface area contributed by atoms with E-state index in [1.54, 1.807) is 0 Å². The normalized spacial score (nSPS) is 35.8. The number of aliphatic hydroxyl groups is 2. The maximum absolute atomic E-state index is 10.8. The van der Waals surface area contributed by atoms with Crippen molar-refractivity contribution in [3.05, 3.63) is 11.6 Å². The van der Waals surface area contributed by atoms with Crippen molar-refractivity contribution in [1.29, 1.82) is 0 Å². The highest BCUT2D eigenvalue weighted by Gasteiger charge is 2.46. The SMILES string of the molecule is O=C(O)CCC/C=C1\CC2CC(O)[C@H](CCC3(O)CCCCC3)C2C1. The summed E-state index contributed by atoms with van der Waals surface area (Å²) < 4.78 is 0. The lowest BCUT2D eigenvalue weighted by Crippen LogP contribution is -2.33. The van der Waals surface area contributed by atoms with Crippen molar-refractivity contribution in [3.8, 4) is 0 Å². The molecule has 0 aromatic carbocycles. The van der Waals surface area contributed by atoms with Crippen molar-refractivity contribution in [1.82, 2.24) is 0 Å². The van der Waals surface area contributed by atoms with Crippen molar-refractivity contribution in [2.45, 2.75) is 95.2 Å². The van der Waals surface area contributed by atoms with Crippen LogP contribution in [0.15, 0.2) is 11.6 Å². The van der Waals surface area contributed by atoms with E-state index in [-0.39, 0.29) is 12.5 Å². The van der Waals surface area contributed by atoms with Crippen LogP contribution in [0.5, 0.6) is 0 Å². The topological polar surface area (TPSA) is 77.8 Å². The van der Waals surface area contributed by atoms with Crippen LogP contribution >= 0.6 is 0 Å². The van der Waals surface area contributed by atoms with Gasteiger partial charge in [0.1, 0.15) is 0 Å². The largest absolute Gasteiger partial charge is 0.481 e. The van der Waals surface area contributed by atoms with Crippen LogP contribution in [0.3, 0.4) is 0 Å². The highest BCUT2D eigenvalue weighted by atomic mass is 16.4. The predicted molar refractivity (Wildman–Crippen MR) is 97.2 cm³/mol. The number of rotatable bonds is 7. The van der Waals surface area contributed by atoms with Gasteiger partial charge in [0.05, 0.1) is 11.7 Å². The summed E-state index contributed by atoms with van der Waals surface area (Å²) in [6.45, 7) is 0. The molecule has 4 nitrogen and oxygen atoms in total. The van der Waals surface area contributed by atoms with E-state index in [1.165, 1.54) is 12.0 Å². The van der Waals surface area contributed by atoms with Gasteiger partial charge in [-0.25, -0.2) is 0 Å². The number of unbranched alkanes of at least 4 members (excludes halogenated alkanes) is 1. The fraction of sp³-hybridized carbons (Fsp3) is 0.857. The first-order valence-electron chi connectivity index (χ1n) is 10.3. The fourth-order valence-corrected chi connectivity index (χ4v) is 5.60. The van der Waals surface area contributed by atoms with Crippen LogP contribution in [0.2, 0.25) is 0 Å². The summed E-state index contributed by atoms with van der Waals surface area (Å²) in [6, 6.07) is 0. The third kappa shape index (κ3) is 4.85. The third-order valence-corrected chi connectivity index (χ3v) is 6.97. The third-order valence-electron chi connectivity index (χ3n) is 6.97. The van der Waals surface area contributed by atoms with E-state index in [0.29, 0.717) is 24.2 Å². The number of carboxylic acid groups (broad SMARTS) is 1. The average molecular weight is 350 g/mol. The van der Waals surface area contributed by atoms with Gasteiger partial charge in [-0.1, -0.05) is 30.9 Å². The molecule has 0 aromatic rings. The molecule has 0 aromatic heterocycles. The molecule has 0 amide bonds. The Kier molecular flexibility index (Phi) is 6.21. The van der Waals surface area contributed by atoms with Crippen LogP contribution in [0, 0.1) is 17.8 Å². The smallest absolute Gasteiger partial charge is 0.303 e. The first kappa shape index (κ1) is 18.9. The highest BCUT2D eigenvalue weighted by molar-refractivity contribution is 5.66. The maximum Gasteiger partial charge on any atom is 0.303 e. The Balaban J connectivity index is 1.50. The lowest BCUT2D eigenvalue weighted by molar-refractivity contribution is -0.137. The molecule has 4 heteroatoms. The van der Waals surface area contributed by atoms with E-state index in [9.17, 15) is 15.0 Å². The van der Waals surface area contributed by atoms with Gasteiger partial charge in [0.25, 0.3) is 0 Å². The molecule has 3 aliphatic rings. The molecule has 3 rings (SSSR count). The number of fused-ring (bicyclic) bond motifs is 1. The second-order valence-electron chi connectivity index (χ2n) is 8.77. The van der Waals surface area contributed by atoms with Crippen LogP contribution < -0.4 is 0 Å². The molecular weight excluding hydrogens is 316 g/mol. The number of carboxylic acids is 1. The Morgan fingerprint density at radius 2 is 1.96 bits per heavy atom. The van der Waals surface area contributed by atoms with Gasteiger partial charge in [-0.05, 0) is 75.5 Å². The van der Waals surface area contributed by atoms with E-state index in [4.69, 9.17) is 5.11 Å². The maximum atomic E-state index is 10.8. The summed E-state index contributed by atoms with van der Waals surface area (Å²) in [5.41, 5.74) is 0.984. The lowest BCUT2D eigenvalue weighted by atomic mass is 9.78. The second-order valence-corrected chi connectivity index (χ2v) is 8.77. The molecule has 0 bridgehead atoms. The van der Waals surface area contributed by atoms with Crippen LogP contribution in [0.4, 0.5) is 0 Å². The van der Waals surface area contributed by atoms with Crippen LogP contribution in [-0.4, -0.2) is 33.0 Å². The van der Waals surface area contributed by atoms with Crippen molar-refractivity contribution in [2.24, 2.45) is 17.8 Å². The number of hydrogen-bond acceptors (Lipinski definition) is 3. The number of allylic oxidation sites excluding steroid dienone is 2. The molecule has 3 aliphatic carbocycles. The number of hydrogen-bond donors (Lipinski definition) is 3. The van der Waals surface area contributed by atoms with E-state index in [2.05, 4.69) is 6.08 Å². The first-order chi connectivity index (χ1) is 12.0. The summed E-state index contributed by atoms with van der Waals surface area (Å²) in [5, 5.41) is 30.0. The fourth-order valence-electron chi connectivity index (χ4n) is 5.60. The molecule has 0 heterocycles. The molecule has 3 unspecified atom stereocenters. The molecule has 3 N–H and O–H groups in total. The van der Waals surface area contributed by atoms with Gasteiger partial charge in [-0.15, -0.1) is 0 Å². The van der Waals surface area contributed by atoms with Crippen LogP contribution in [-0.2, 0) is 4.79 Å². The van der Waals surface area contributed by atoms with Gasteiger partial charge in [0.2, 0.25) is 0 Å². The van der Waals surface area contributed by atoms with E-state index in [0.717, 1.165) is 64.2 Å². The standard InChI is InChI=1S/C21H34O4/c22-19-14-16-12-15(6-2-3-7-20(23)24)13-18(16)17(19)8-11-21(25)9-4-1-5-10-21/h6,16-19,22,25H,1-5,7-14H2,(H,23,24)/b15-6+/t16?,17-,18?,19?/m1/s1. The Hall–Kier alpha value is -0.870. The van der Waals surface area contributed by atoms with Crippen molar-refractivity contribution in [3.63, 3.8) is 0 Å². The molecule has 3 saturated carbocycles. The highest BCUT2D eigenvalue weighted by Crippen LogP contribution is 2.52. The molecule has 0 saturated heterocycles. The van der Waals surface area contributed by atoms with Gasteiger partial charge in [0, 0.05) is 6.42 Å². The number of aliphatic hydroxyl groups excluding tert-OH is 1. The minimum absolute atomic E-state index is 0.198. The van der Waals surface area contributed by atoms with Gasteiger partial charge >= 0.3 is 5.97 Å². The Morgan fingerprint density at radius 3 is 2.68 bits per heavy atom. The summed E-state index contributed by atoms with van der Waals surface area (Å²) >= 11 is 0. The first-order valence-corrected chi connectivity index (χ1v) is 10.3. The Labute approximate surface area is 151 Å². The Morgan fingerprint density at radius 1 is 1.20 bits per heavy atom. The average Bonchev–Trinajstić information content (AvgIpc) is 3.07. The van der Waals surface area contributed by atoms with E-state index in [1.807, 2.05) is 0 Å². The molecule has 0 aliphatic heterocycles. The van der Waals surface area contributed by atoms with Gasteiger partial charge in [-0.2, -0.15) is 0 Å². The zero-order chi connectivity index (χ0) is 17.9. The van der Waals surface area contributed by atoms with Crippen molar-refractivity contribution < 1.29 is 20.1 Å². The summed E-state index contributed by atoms with van der Waals surface area (Å²) in [7, 11) is 0. The summed E-state index contributed by atoms with van der Waals surface area (Å²) in [5.74, 6) is 0.769. The summed E-state index contributed by atoms with van der Waals surface area (Å²) in [4.78, 5) is 10.6. The monoisotopic (exact) mass is 350 g/mol. The van der Waals surface area contributed by atoms with Gasteiger partial charge in [0.15, 0.2) is 0 Å². The minimum atomic E-state index is -0.717. The second kappa shape index (κ2) is 8.22. The van der Waals surface area contributed by atoms with Gasteiger partial charge < -0.3 is 15.3 Å². The number of carbonyl (C=O) groups is 1. The van der Waals surface area contributed by atoms with Crippen LogP contribution in [0.1, 0.15) is 83.5 Å². The predicted octanol–water partition coefficient (Wildman–Crippen LogP) is 4.05. The van der Waals surface area contributed by atoms with Crippen molar-refractivity contribution >= 4 is 5.97 Å². The minimum Gasteiger partial charge on any atom is -0.481 e. The molecule has 0 spiro atoms. The molecule has 142 valence electrons. The molecular formula is C21H34O4. The van der Waals surface area contributed by atoms with E-state index >= 15 is 0 Å². The Bertz CT molecular complexity index is 492. The molecule has 0 radical (unpaired) electrons. The molecule has 4 atom stereocenters. The lowest BCUT2D eigenvalue weighted by Gasteiger charge is -2.34. The molecule has 3 fully saturated rings. The zero-order valence-corrected chi connectivity index (χ0v) is 15.3. The van der Waals surface area contributed by atoms with Crippen LogP contribution in [0.25, 0.3) is 0 Å².